The third kappa shape index (κ3) is 5.47. The van der Waals surface area contributed by atoms with Gasteiger partial charge in [0.25, 0.3) is 0 Å². The summed E-state index contributed by atoms with van der Waals surface area (Å²) in [6, 6.07) is 4.36. The first-order valence-electron chi connectivity index (χ1n) is 7.76. The molecule has 1 aromatic heterocycles. The number of hydrogen-bond acceptors (Lipinski definition) is 5. The van der Waals surface area contributed by atoms with E-state index in [2.05, 4.69) is 10.3 Å². The molecule has 0 aliphatic carbocycles. The average Bonchev–Trinajstić information content (AvgIpc) is 3.01. The van der Waals surface area contributed by atoms with Crippen LogP contribution in [0.15, 0.2) is 28.8 Å². The second-order valence-corrected chi connectivity index (χ2v) is 6.13. The van der Waals surface area contributed by atoms with Gasteiger partial charge in [0.15, 0.2) is 11.7 Å². The first kappa shape index (κ1) is 19.3. The van der Waals surface area contributed by atoms with Gasteiger partial charge in [0.2, 0.25) is 5.91 Å². The molecule has 6 nitrogen and oxygen atoms in total. The number of rotatable bonds is 7. The van der Waals surface area contributed by atoms with E-state index in [0.717, 1.165) is 0 Å². The molecule has 0 aliphatic heterocycles. The molecule has 1 N–H and O–H groups in total. The van der Waals surface area contributed by atoms with Crippen LogP contribution in [0, 0.1) is 0 Å². The number of amides is 1. The van der Waals surface area contributed by atoms with Gasteiger partial charge in [0.1, 0.15) is 6.04 Å². The van der Waals surface area contributed by atoms with Gasteiger partial charge in [-0.3, -0.25) is 4.79 Å². The Morgan fingerprint density at radius 1 is 1.36 bits per heavy atom. The Hall–Kier alpha value is -2.05. The second-order valence-electron chi connectivity index (χ2n) is 5.28. The molecule has 134 valence electrons. The van der Waals surface area contributed by atoms with Crippen LogP contribution in [0.3, 0.4) is 0 Å². The van der Waals surface area contributed by atoms with Crippen LogP contribution in [0.1, 0.15) is 26.2 Å². The highest BCUT2D eigenvalue weighted by molar-refractivity contribution is 6.36. The van der Waals surface area contributed by atoms with Crippen molar-refractivity contribution >= 4 is 35.1 Å². The number of nitrogens with one attached hydrogen (secondary N) is 1. The first-order valence-corrected chi connectivity index (χ1v) is 8.52. The summed E-state index contributed by atoms with van der Waals surface area (Å²) in [7, 11) is 0. The monoisotopic (exact) mass is 384 g/mol. The molecule has 1 atom stereocenters. The van der Waals surface area contributed by atoms with E-state index in [9.17, 15) is 9.59 Å². The number of carbonyl (C=O) groups is 2. The lowest BCUT2D eigenvalue weighted by molar-refractivity contribution is -0.146. The normalized spacial score (nSPS) is 11.8. The number of carbonyl (C=O) groups excluding carboxylic acids is 2. The summed E-state index contributed by atoms with van der Waals surface area (Å²) >= 11 is 12.0. The van der Waals surface area contributed by atoms with Crippen molar-refractivity contribution in [3.05, 3.63) is 40.3 Å². The predicted octanol–water partition coefficient (Wildman–Crippen LogP) is 3.65. The minimum Gasteiger partial charge on any atom is -0.464 e. The van der Waals surface area contributed by atoms with Gasteiger partial charge in [0, 0.05) is 23.4 Å². The van der Waals surface area contributed by atoms with Crippen LogP contribution in [0.25, 0.3) is 11.3 Å². The van der Waals surface area contributed by atoms with Crippen molar-refractivity contribution in [3.8, 4) is 11.3 Å². The lowest BCUT2D eigenvalue weighted by Gasteiger charge is -2.11. The molecule has 1 heterocycles. The molecule has 25 heavy (non-hydrogen) atoms. The lowest BCUT2D eigenvalue weighted by Crippen LogP contribution is -2.39. The highest BCUT2D eigenvalue weighted by Gasteiger charge is 2.17. The maximum atomic E-state index is 11.9. The zero-order valence-corrected chi connectivity index (χ0v) is 15.4. The standard InChI is InChI=1S/C17H18Cl2N2O4/c1-3-24-17(23)10(2)21-15(22)6-7-16-20-9-14(25-16)12-5-4-11(18)8-13(12)19/h4-5,8-10H,3,6-7H2,1-2H3,(H,21,22). The van der Waals surface area contributed by atoms with E-state index in [0.29, 0.717) is 33.7 Å². The second kappa shape index (κ2) is 8.87. The Kier molecular flexibility index (Phi) is 6.84. The van der Waals surface area contributed by atoms with Crippen LogP contribution in [0.4, 0.5) is 0 Å². The molecule has 0 saturated heterocycles. The van der Waals surface area contributed by atoms with E-state index in [1.807, 2.05) is 0 Å². The fraction of sp³-hybridized carbons (Fsp3) is 0.353. The molecule has 2 rings (SSSR count). The molecule has 1 amide bonds. The van der Waals surface area contributed by atoms with Gasteiger partial charge in [-0.15, -0.1) is 0 Å². The molecule has 0 saturated carbocycles. The maximum Gasteiger partial charge on any atom is 0.328 e. The summed E-state index contributed by atoms with van der Waals surface area (Å²) in [5.74, 6) is 0.147. The van der Waals surface area contributed by atoms with Gasteiger partial charge in [0.05, 0.1) is 17.8 Å². The van der Waals surface area contributed by atoms with E-state index in [1.54, 1.807) is 38.2 Å². The molecule has 0 radical (unpaired) electrons. The summed E-state index contributed by atoms with van der Waals surface area (Å²) in [6.07, 6.45) is 1.98. The highest BCUT2D eigenvalue weighted by atomic mass is 35.5. The maximum absolute atomic E-state index is 11.9. The molecular weight excluding hydrogens is 367 g/mol. The molecule has 1 unspecified atom stereocenters. The van der Waals surface area contributed by atoms with Crippen molar-refractivity contribution in [1.82, 2.24) is 10.3 Å². The number of oxazole rings is 1. The highest BCUT2D eigenvalue weighted by Crippen LogP contribution is 2.30. The SMILES string of the molecule is CCOC(=O)C(C)NC(=O)CCc1ncc(-c2ccc(Cl)cc2Cl)o1. The molecular formula is C17H18Cl2N2O4. The number of halogens is 2. The quantitative estimate of drug-likeness (QED) is 0.736. The molecule has 0 aliphatic rings. The summed E-state index contributed by atoms with van der Waals surface area (Å²) in [4.78, 5) is 27.5. The van der Waals surface area contributed by atoms with E-state index in [1.165, 1.54) is 0 Å². The van der Waals surface area contributed by atoms with Crippen molar-refractivity contribution in [3.63, 3.8) is 0 Å². The summed E-state index contributed by atoms with van der Waals surface area (Å²) in [5, 5.41) is 3.55. The fourth-order valence-electron chi connectivity index (χ4n) is 2.10. The first-order chi connectivity index (χ1) is 11.9. The van der Waals surface area contributed by atoms with Gasteiger partial charge in [-0.05, 0) is 32.0 Å². The zero-order valence-electron chi connectivity index (χ0n) is 13.8. The summed E-state index contributed by atoms with van der Waals surface area (Å²) < 4.78 is 10.5. The van der Waals surface area contributed by atoms with E-state index >= 15 is 0 Å². The number of hydrogen-bond donors (Lipinski definition) is 1. The van der Waals surface area contributed by atoms with Crippen LogP contribution >= 0.6 is 23.2 Å². The number of aromatic nitrogens is 1. The van der Waals surface area contributed by atoms with Crippen LogP contribution in [0.5, 0.6) is 0 Å². The Labute approximate surface area is 155 Å². The van der Waals surface area contributed by atoms with E-state index < -0.39 is 12.0 Å². The summed E-state index contributed by atoms with van der Waals surface area (Å²) in [6.45, 7) is 3.55. The van der Waals surface area contributed by atoms with Crippen LogP contribution < -0.4 is 5.32 Å². The lowest BCUT2D eigenvalue weighted by atomic mass is 10.2. The Morgan fingerprint density at radius 3 is 2.80 bits per heavy atom. The van der Waals surface area contributed by atoms with Crippen molar-refractivity contribution in [1.29, 1.82) is 0 Å². The number of aryl methyl sites for hydroxylation is 1. The number of nitrogens with zero attached hydrogens (tertiary/aromatic N) is 1. The Morgan fingerprint density at radius 2 is 2.12 bits per heavy atom. The molecule has 8 heteroatoms. The minimum absolute atomic E-state index is 0.137. The fourth-order valence-corrected chi connectivity index (χ4v) is 2.60. The van der Waals surface area contributed by atoms with Crippen molar-refractivity contribution < 1.29 is 18.7 Å². The average molecular weight is 385 g/mol. The van der Waals surface area contributed by atoms with Crippen LogP contribution in [-0.2, 0) is 20.7 Å². The van der Waals surface area contributed by atoms with Crippen molar-refractivity contribution in [2.45, 2.75) is 32.7 Å². The van der Waals surface area contributed by atoms with Crippen LogP contribution in [0.2, 0.25) is 10.0 Å². The van der Waals surface area contributed by atoms with Gasteiger partial charge in [-0.1, -0.05) is 23.2 Å². The van der Waals surface area contributed by atoms with Gasteiger partial charge < -0.3 is 14.5 Å². The van der Waals surface area contributed by atoms with Gasteiger partial charge in [-0.2, -0.15) is 0 Å². The molecule has 0 fully saturated rings. The number of benzene rings is 1. The summed E-state index contributed by atoms with van der Waals surface area (Å²) in [5.41, 5.74) is 0.671. The van der Waals surface area contributed by atoms with Crippen molar-refractivity contribution in [2.24, 2.45) is 0 Å². The number of esters is 1. The number of ether oxygens (including phenoxy) is 1. The Bertz CT molecular complexity index is 761. The minimum atomic E-state index is -0.694. The molecule has 2 aromatic rings. The van der Waals surface area contributed by atoms with E-state index in [-0.39, 0.29) is 18.9 Å². The van der Waals surface area contributed by atoms with Crippen LogP contribution in [-0.4, -0.2) is 29.5 Å². The third-order valence-electron chi connectivity index (χ3n) is 3.33. The Balaban J connectivity index is 1.91. The predicted molar refractivity (Wildman–Crippen MR) is 94.5 cm³/mol. The molecule has 0 bridgehead atoms. The molecule has 0 spiro atoms. The van der Waals surface area contributed by atoms with Crippen molar-refractivity contribution in [2.75, 3.05) is 6.61 Å². The zero-order chi connectivity index (χ0) is 18.4. The smallest absolute Gasteiger partial charge is 0.328 e. The molecule has 1 aromatic carbocycles. The van der Waals surface area contributed by atoms with Gasteiger partial charge >= 0.3 is 5.97 Å². The van der Waals surface area contributed by atoms with E-state index in [4.69, 9.17) is 32.4 Å². The van der Waals surface area contributed by atoms with Gasteiger partial charge in [-0.25, -0.2) is 9.78 Å². The topological polar surface area (TPSA) is 81.4 Å². The largest absolute Gasteiger partial charge is 0.464 e. The third-order valence-corrected chi connectivity index (χ3v) is 3.88.